The molecule has 1 saturated heterocycles. The Morgan fingerprint density at radius 1 is 1.12 bits per heavy atom. The minimum absolute atomic E-state index is 0.289. The maximum absolute atomic E-state index is 14.4. The van der Waals surface area contributed by atoms with Gasteiger partial charge in [-0.2, -0.15) is 0 Å². The van der Waals surface area contributed by atoms with E-state index in [9.17, 15) is 9.18 Å². The van der Waals surface area contributed by atoms with Gasteiger partial charge in [-0.05, 0) is 61.0 Å². The molecule has 1 aliphatic heterocycles. The van der Waals surface area contributed by atoms with Crippen molar-refractivity contribution in [2.24, 2.45) is 0 Å². The van der Waals surface area contributed by atoms with Crippen molar-refractivity contribution in [3.05, 3.63) is 46.9 Å². The van der Waals surface area contributed by atoms with E-state index in [0.29, 0.717) is 47.5 Å². The number of rotatable bonds is 3. The van der Waals surface area contributed by atoms with Crippen molar-refractivity contribution in [1.82, 2.24) is 19.9 Å². The molecule has 0 spiro atoms. The first-order chi connectivity index (χ1) is 15.2. The van der Waals surface area contributed by atoms with Crippen LogP contribution in [0.3, 0.4) is 0 Å². The Hall–Kier alpha value is -3.01. The van der Waals surface area contributed by atoms with E-state index in [-0.39, 0.29) is 11.8 Å². The zero-order valence-corrected chi connectivity index (χ0v) is 19.7. The van der Waals surface area contributed by atoms with Crippen LogP contribution in [0.4, 0.5) is 26.5 Å². The van der Waals surface area contributed by atoms with E-state index in [0.717, 1.165) is 5.82 Å². The number of nitrogens with one attached hydrogen (secondary N) is 1. The minimum atomic E-state index is -0.522. The molecule has 1 aliphatic rings. The van der Waals surface area contributed by atoms with Crippen LogP contribution in [-0.4, -0.2) is 57.7 Å². The normalized spacial score (nSPS) is 14.5. The molecule has 32 heavy (non-hydrogen) atoms. The molecule has 2 aromatic heterocycles. The number of aromatic nitrogens is 3. The molecule has 4 rings (SSSR count). The molecular formula is C22H24BrFN6O2. The fraction of sp³-hybridized carbons (Fsp3) is 0.364. The maximum Gasteiger partial charge on any atom is 0.410 e. The van der Waals surface area contributed by atoms with Gasteiger partial charge in [0.1, 0.15) is 23.3 Å². The Labute approximate surface area is 193 Å². The highest BCUT2D eigenvalue weighted by Crippen LogP contribution is 2.28. The van der Waals surface area contributed by atoms with Gasteiger partial charge in [-0.25, -0.2) is 24.1 Å². The second-order valence-corrected chi connectivity index (χ2v) is 9.29. The van der Waals surface area contributed by atoms with Gasteiger partial charge in [0.2, 0.25) is 0 Å². The summed E-state index contributed by atoms with van der Waals surface area (Å²) in [5.41, 5.74) is 0.955. The first-order valence-corrected chi connectivity index (χ1v) is 11.1. The molecule has 10 heteroatoms. The largest absolute Gasteiger partial charge is 0.444 e. The quantitative estimate of drug-likeness (QED) is 0.554. The number of hydrogen-bond donors (Lipinski definition) is 1. The summed E-state index contributed by atoms with van der Waals surface area (Å²) in [6.45, 7) is 7.88. The molecule has 168 valence electrons. The van der Waals surface area contributed by atoms with Crippen molar-refractivity contribution in [2.75, 3.05) is 36.4 Å². The second-order valence-electron chi connectivity index (χ2n) is 8.44. The molecule has 0 bridgehead atoms. The van der Waals surface area contributed by atoms with Gasteiger partial charge < -0.3 is 19.9 Å². The van der Waals surface area contributed by atoms with E-state index in [2.05, 4.69) is 36.1 Å². The summed E-state index contributed by atoms with van der Waals surface area (Å²) in [6, 6.07) is 8.76. The summed E-state index contributed by atoms with van der Waals surface area (Å²) in [4.78, 5) is 29.4. The lowest BCUT2D eigenvalue weighted by molar-refractivity contribution is 0.0240. The Morgan fingerprint density at radius 2 is 1.88 bits per heavy atom. The van der Waals surface area contributed by atoms with Gasteiger partial charge in [-0.1, -0.05) is 6.07 Å². The molecule has 0 atom stereocenters. The van der Waals surface area contributed by atoms with E-state index < -0.39 is 11.4 Å². The average molecular weight is 503 g/mol. The highest BCUT2D eigenvalue weighted by atomic mass is 79.9. The Bertz CT molecular complexity index is 1140. The number of ether oxygens (including phenoxy) is 1. The third kappa shape index (κ3) is 4.90. The second kappa shape index (κ2) is 8.85. The number of fused-ring (bicyclic) bond motifs is 1. The van der Waals surface area contributed by atoms with Crippen LogP contribution in [0.5, 0.6) is 0 Å². The average Bonchev–Trinajstić information content (AvgIpc) is 2.76. The van der Waals surface area contributed by atoms with Gasteiger partial charge in [-0.3, -0.25) is 0 Å². The molecule has 3 heterocycles. The SMILES string of the molecule is CC(C)(C)OC(=O)N1CCN(c2ccc3ncnc(Nc4cccc(Br)c4F)c3n2)CC1. The highest BCUT2D eigenvalue weighted by Gasteiger charge is 2.26. The monoisotopic (exact) mass is 502 g/mol. The summed E-state index contributed by atoms with van der Waals surface area (Å²) < 4.78 is 20.3. The van der Waals surface area contributed by atoms with Crippen LogP contribution in [-0.2, 0) is 4.74 Å². The fourth-order valence-electron chi connectivity index (χ4n) is 3.37. The lowest BCUT2D eigenvalue weighted by Crippen LogP contribution is -2.50. The van der Waals surface area contributed by atoms with E-state index >= 15 is 0 Å². The van der Waals surface area contributed by atoms with Crippen molar-refractivity contribution in [1.29, 1.82) is 0 Å². The van der Waals surface area contributed by atoms with Gasteiger partial charge in [0, 0.05) is 26.2 Å². The summed E-state index contributed by atoms with van der Waals surface area (Å²) >= 11 is 3.20. The summed E-state index contributed by atoms with van der Waals surface area (Å²) in [6.07, 6.45) is 1.11. The van der Waals surface area contributed by atoms with E-state index in [1.165, 1.54) is 6.33 Å². The molecule has 1 amide bonds. The predicted octanol–water partition coefficient (Wildman–Crippen LogP) is 4.73. The van der Waals surface area contributed by atoms with Crippen molar-refractivity contribution in [2.45, 2.75) is 26.4 Å². The van der Waals surface area contributed by atoms with Crippen molar-refractivity contribution in [3.63, 3.8) is 0 Å². The molecule has 0 saturated carbocycles. The molecule has 1 aromatic carbocycles. The van der Waals surface area contributed by atoms with Crippen LogP contribution >= 0.6 is 15.9 Å². The highest BCUT2D eigenvalue weighted by molar-refractivity contribution is 9.10. The standard InChI is InChI=1S/C22H24BrFN6O2/c1-22(2,3)32-21(31)30-11-9-29(10-12-30)17-8-7-16-19(28-17)20(26-13-25-16)27-15-6-4-5-14(23)18(15)24/h4-8,13H,9-12H2,1-3H3,(H,25,26,27). The third-order valence-electron chi connectivity index (χ3n) is 4.93. The topological polar surface area (TPSA) is 83.5 Å². The van der Waals surface area contributed by atoms with Crippen molar-refractivity contribution < 1.29 is 13.9 Å². The van der Waals surface area contributed by atoms with Gasteiger partial charge in [-0.15, -0.1) is 0 Å². The number of hydrogen-bond acceptors (Lipinski definition) is 7. The van der Waals surface area contributed by atoms with Crippen LogP contribution < -0.4 is 10.2 Å². The van der Waals surface area contributed by atoms with Gasteiger partial charge in [0.05, 0.1) is 15.7 Å². The molecule has 0 aliphatic carbocycles. The van der Waals surface area contributed by atoms with Gasteiger partial charge in [0.15, 0.2) is 11.6 Å². The Morgan fingerprint density at radius 3 is 2.59 bits per heavy atom. The zero-order valence-electron chi connectivity index (χ0n) is 18.1. The van der Waals surface area contributed by atoms with E-state index in [1.807, 2.05) is 32.9 Å². The molecule has 8 nitrogen and oxygen atoms in total. The smallest absolute Gasteiger partial charge is 0.410 e. The number of pyridine rings is 1. The van der Waals surface area contributed by atoms with Crippen LogP contribution in [0.25, 0.3) is 11.0 Å². The molecule has 0 unspecified atom stereocenters. The summed E-state index contributed by atoms with van der Waals surface area (Å²) in [5, 5.41) is 3.02. The molecule has 1 fully saturated rings. The first kappa shape index (κ1) is 22.2. The van der Waals surface area contributed by atoms with Crippen molar-refractivity contribution in [3.8, 4) is 0 Å². The lowest BCUT2D eigenvalue weighted by atomic mass is 10.2. The summed E-state index contributed by atoms with van der Waals surface area (Å²) in [5.74, 6) is 0.754. The fourth-order valence-corrected chi connectivity index (χ4v) is 3.74. The maximum atomic E-state index is 14.4. The zero-order chi connectivity index (χ0) is 22.9. The lowest BCUT2D eigenvalue weighted by Gasteiger charge is -2.36. The van der Waals surface area contributed by atoms with Gasteiger partial charge in [0.25, 0.3) is 0 Å². The van der Waals surface area contributed by atoms with E-state index in [1.54, 1.807) is 23.1 Å². The van der Waals surface area contributed by atoms with Crippen LogP contribution in [0.1, 0.15) is 20.8 Å². The summed E-state index contributed by atoms with van der Waals surface area (Å²) in [7, 11) is 0. The van der Waals surface area contributed by atoms with Crippen LogP contribution in [0, 0.1) is 5.82 Å². The number of piperazine rings is 1. The van der Waals surface area contributed by atoms with Crippen LogP contribution in [0.15, 0.2) is 41.1 Å². The van der Waals surface area contributed by atoms with Crippen LogP contribution in [0.2, 0.25) is 0 Å². The Kier molecular flexibility index (Phi) is 6.14. The number of benzene rings is 1. The molecule has 1 N–H and O–H groups in total. The minimum Gasteiger partial charge on any atom is -0.444 e. The van der Waals surface area contributed by atoms with E-state index in [4.69, 9.17) is 9.72 Å². The molecule has 3 aromatic rings. The predicted molar refractivity (Wildman–Crippen MR) is 125 cm³/mol. The first-order valence-electron chi connectivity index (χ1n) is 10.3. The number of anilines is 3. The number of carbonyl (C=O) groups is 1. The van der Waals surface area contributed by atoms with Gasteiger partial charge >= 0.3 is 6.09 Å². The van der Waals surface area contributed by atoms with Crippen molar-refractivity contribution >= 4 is 50.4 Å². The number of carbonyl (C=O) groups excluding carboxylic acids is 1. The number of nitrogens with zero attached hydrogens (tertiary/aromatic N) is 5. The Balaban J connectivity index is 1.53. The number of amides is 1. The number of halogens is 2. The third-order valence-corrected chi connectivity index (χ3v) is 5.54. The molecule has 0 radical (unpaired) electrons. The molecular weight excluding hydrogens is 479 g/mol.